The van der Waals surface area contributed by atoms with E-state index in [1.165, 1.54) is 5.56 Å². The zero-order valence-electron chi connectivity index (χ0n) is 8.53. The van der Waals surface area contributed by atoms with Gasteiger partial charge in [0.25, 0.3) is 0 Å². The summed E-state index contributed by atoms with van der Waals surface area (Å²) in [5.74, 6) is 0.648. The van der Waals surface area contributed by atoms with Gasteiger partial charge >= 0.3 is 0 Å². The Hall–Kier alpha value is -1.30. The van der Waals surface area contributed by atoms with E-state index in [1.807, 2.05) is 42.5 Å². The predicted molar refractivity (Wildman–Crippen MR) is 61.6 cm³/mol. The first-order valence-corrected chi connectivity index (χ1v) is 4.50. The number of hydrogen-bond donors (Lipinski definition) is 0. The Morgan fingerprint density at radius 2 is 1.54 bits per heavy atom. The Bertz CT molecular complexity index is 231. The van der Waals surface area contributed by atoms with Gasteiger partial charge in [-0.2, -0.15) is 0 Å². The third-order valence-electron chi connectivity index (χ3n) is 1.51. The SMILES string of the molecule is C=CC(C)C.C=Cc1ccccc1. The van der Waals surface area contributed by atoms with Gasteiger partial charge in [0, 0.05) is 0 Å². The summed E-state index contributed by atoms with van der Waals surface area (Å²) in [5.41, 5.74) is 1.17. The second-order valence-corrected chi connectivity index (χ2v) is 3.09. The summed E-state index contributed by atoms with van der Waals surface area (Å²) in [6.07, 6.45) is 3.75. The van der Waals surface area contributed by atoms with Crippen LogP contribution in [0.25, 0.3) is 6.08 Å². The lowest BCUT2D eigenvalue weighted by molar-refractivity contribution is 0.835. The van der Waals surface area contributed by atoms with E-state index in [-0.39, 0.29) is 0 Å². The Kier molecular flexibility index (Phi) is 6.62. The van der Waals surface area contributed by atoms with Crippen molar-refractivity contribution >= 4 is 6.08 Å². The zero-order valence-corrected chi connectivity index (χ0v) is 8.53. The van der Waals surface area contributed by atoms with Crippen LogP contribution < -0.4 is 0 Å². The van der Waals surface area contributed by atoms with Crippen LogP contribution in [0.1, 0.15) is 19.4 Å². The first kappa shape index (κ1) is 11.7. The van der Waals surface area contributed by atoms with Crippen LogP contribution in [0.15, 0.2) is 49.6 Å². The molecule has 0 radical (unpaired) electrons. The third-order valence-corrected chi connectivity index (χ3v) is 1.51. The molecule has 0 fully saturated rings. The van der Waals surface area contributed by atoms with Crippen molar-refractivity contribution in [2.75, 3.05) is 0 Å². The van der Waals surface area contributed by atoms with Crippen molar-refractivity contribution in [2.45, 2.75) is 13.8 Å². The molecule has 0 heteroatoms. The second-order valence-electron chi connectivity index (χ2n) is 3.09. The van der Waals surface area contributed by atoms with Crippen LogP contribution in [-0.2, 0) is 0 Å². The van der Waals surface area contributed by atoms with E-state index in [0.29, 0.717) is 5.92 Å². The number of rotatable bonds is 2. The third kappa shape index (κ3) is 7.07. The maximum atomic E-state index is 3.63. The van der Waals surface area contributed by atoms with Gasteiger partial charge in [0.2, 0.25) is 0 Å². The molecule has 1 aromatic carbocycles. The number of hydrogen-bond acceptors (Lipinski definition) is 0. The number of benzene rings is 1. The highest BCUT2D eigenvalue weighted by atomic mass is 13.8. The fourth-order valence-electron chi connectivity index (χ4n) is 0.589. The average Bonchev–Trinajstić information content (AvgIpc) is 2.20. The highest BCUT2D eigenvalue weighted by molar-refractivity contribution is 5.45. The topological polar surface area (TPSA) is 0 Å². The van der Waals surface area contributed by atoms with Gasteiger partial charge in [0.1, 0.15) is 0 Å². The van der Waals surface area contributed by atoms with Crippen LogP contribution in [0.4, 0.5) is 0 Å². The zero-order chi connectivity index (χ0) is 10.1. The summed E-state index contributed by atoms with van der Waals surface area (Å²) >= 11 is 0. The van der Waals surface area contributed by atoms with Gasteiger partial charge in [-0.05, 0) is 11.5 Å². The standard InChI is InChI=1S/C8H8.C5H10/c1-2-8-6-4-3-5-7-8;1-4-5(2)3/h2-7H,1H2;4-5H,1H2,2-3H3. The normalized spacial score (nSPS) is 8.54. The molecule has 0 aliphatic rings. The first-order valence-electron chi connectivity index (χ1n) is 4.50. The van der Waals surface area contributed by atoms with Crippen LogP contribution in [0, 0.1) is 5.92 Å². The summed E-state index contributed by atoms with van der Waals surface area (Å²) < 4.78 is 0. The Labute approximate surface area is 81.6 Å². The number of allylic oxidation sites excluding steroid dienone is 1. The molecule has 0 atom stereocenters. The van der Waals surface area contributed by atoms with Crippen molar-refractivity contribution in [3.05, 3.63) is 55.1 Å². The fourth-order valence-corrected chi connectivity index (χ4v) is 0.589. The van der Waals surface area contributed by atoms with Gasteiger partial charge in [-0.1, -0.05) is 62.9 Å². The Balaban J connectivity index is 0.000000252. The van der Waals surface area contributed by atoms with Crippen LogP contribution in [0.5, 0.6) is 0 Å². The largest absolute Gasteiger partial charge is 0.103 e. The van der Waals surface area contributed by atoms with Crippen LogP contribution in [-0.4, -0.2) is 0 Å². The predicted octanol–water partition coefficient (Wildman–Crippen LogP) is 4.16. The van der Waals surface area contributed by atoms with Gasteiger partial charge in [0.05, 0.1) is 0 Å². The van der Waals surface area contributed by atoms with Crippen molar-refractivity contribution in [2.24, 2.45) is 5.92 Å². The molecule has 0 nitrogen and oxygen atoms in total. The van der Waals surface area contributed by atoms with Gasteiger partial charge < -0.3 is 0 Å². The maximum absolute atomic E-state index is 3.63. The molecule has 1 rings (SSSR count). The Morgan fingerprint density at radius 1 is 1.08 bits per heavy atom. The molecular formula is C13H18. The highest BCUT2D eigenvalue weighted by Crippen LogP contribution is 1.97. The fraction of sp³-hybridized carbons (Fsp3) is 0.231. The van der Waals surface area contributed by atoms with Crippen molar-refractivity contribution in [1.82, 2.24) is 0 Å². The van der Waals surface area contributed by atoms with E-state index in [2.05, 4.69) is 27.0 Å². The molecule has 0 aromatic heterocycles. The minimum atomic E-state index is 0.648. The molecule has 0 spiro atoms. The van der Waals surface area contributed by atoms with Crippen LogP contribution in [0.2, 0.25) is 0 Å². The molecule has 0 N–H and O–H groups in total. The molecule has 0 saturated carbocycles. The van der Waals surface area contributed by atoms with Gasteiger partial charge in [0.15, 0.2) is 0 Å². The molecule has 0 aliphatic heterocycles. The quantitative estimate of drug-likeness (QED) is 0.591. The lowest BCUT2D eigenvalue weighted by Crippen LogP contribution is -1.71. The molecule has 1 aromatic rings. The molecule has 0 aliphatic carbocycles. The van der Waals surface area contributed by atoms with Crippen LogP contribution in [0.3, 0.4) is 0 Å². The van der Waals surface area contributed by atoms with Gasteiger partial charge in [-0.3, -0.25) is 0 Å². The van der Waals surface area contributed by atoms with Crippen molar-refractivity contribution in [3.8, 4) is 0 Å². The summed E-state index contributed by atoms with van der Waals surface area (Å²) in [6.45, 7) is 11.4. The molecule has 0 saturated heterocycles. The minimum Gasteiger partial charge on any atom is -0.103 e. The molecular weight excluding hydrogens is 156 g/mol. The van der Waals surface area contributed by atoms with Crippen LogP contribution >= 0.6 is 0 Å². The maximum Gasteiger partial charge on any atom is -0.0263 e. The second kappa shape index (κ2) is 7.35. The summed E-state index contributed by atoms with van der Waals surface area (Å²) in [7, 11) is 0. The molecule has 0 amide bonds. The molecule has 0 bridgehead atoms. The van der Waals surface area contributed by atoms with E-state index in [9.17, 15) is 0 Å². The summed E-state index contributed by atoms with van der Waals surface area (Å²) in [5, 5.41) is 0. The monoisotopic (exact) mass is 174 g/mol. The van der Waals surface area contributed by atoms with Crippen molar-refractivity contribution in [3.63, 3.8) is 0 Å². The average molecular weight is 174 g/mol. The summed E-state index contributed by atoms with van der Waals surface area (Å²) in [6, 6.07) is 10.0. The van der Waals surface area contributed by atoms with E-state index in [0.717, 1.165) is 0 Å². The van der Waals surface area contributed by atoms with Crippen molar-refractivity contribution in [1.29, 1.82) is 0 Å². The highest BCUT2D eigenvalue weighted by Gasteiger charge is 1.75. The molecule has 0 heterocycles. The van der Waals surface area contributed by atoms with Gasteiger partial charge in [-0.15, -0.1) is 6.58 Å². The molecule has 70 valence electrons. The van der Waals surface area contributed by atoms with Gasteiger partial charge in [-0.25, -0.2) is 0 Å². The minimum absolute atomic E-state index is 0.648. The first-order chi connectivity index (χ1) is 6.20. The van der Waals surface area contributed by atoms with E-state index < -0.39 is 0 Å². The van der Waals surface area contributed by atoms with Crippen molar-refractivity contribution < 1.29 is 0 Å². The molecule has 0 unspecified atom stereocenters. The van der Waals surface area contributed by atoms with E-state index in [4.69, 9.17) is 0 Å². The lowest BCUT2D eigenvalue weighted by Gasteiger charge is -1.85. The van der Waals surface area contributed by atoms with E-state index >= 15 is 0 Å². The lowest BCUT2D eigenvalue weighted by atomic mass is 10.2. The van der Waals surface area contributed by atoms with E-state index in [1.54, 1.807) is 0 Å². The Morgan fingerprint density at radius 3 is 1.77 bits per heavy atom. The summed E-state index contributed by atoms with van der Waals surface area (Å²) in [4.78, 5) is 0. The smallest absolute Gasteiger partial charge is 0.0263 e. The molecule has 13 heavy (non-hydrogen) atoms.